The number of aliphatic hydroxyl groups is 1. The first kappa shape index (κ1) is 16.4. The molecule has 6 heteroatoms. The fraction of sp³-hybridized carbons (Fsp3) is 0.167. The van der Waals surface area contributed by atoms with Crippen LogP contribution in [0.25, 0.3) is 10.9 Å². The summed E-state index contributed by atoms with van der Waals surface area (Å²) in [5, 5.41) is 11.4. The van der Waals surface area contributed by atoms with Crippen molar-refractivity contribution in [3.63, 3.8) is 0 Å². The number of hydrogen-bond donors (Lipinski definition) is 2. The molecule has 1 aromatic heterocycles. The Bertz CT molecular complexity index is 860. The van der Waals surface area contributed by atoms with E-state index in [1.807, 2.05) is 6.07 Å². The Hall–Kier alpha value is -2.44. The standard InChI is InChI=1S/C18H15F3N2O/c19-18(20,21)13-6-3-11(4-7-13)17(24)15-8-5-12(10-22)14-2-1-9-23-16(14)15/h1-9,17,24H,10,22H2. The summed E-state index contributed by atoms with van der Waals surface area (Å²) in [6.07, 6.45) is -3.87. The van der Waals surface area contributed by atoms with Gasteiger partial charge >= 0.3 is 6.18 Å². The lowest BCUT2D eigenvalue weighted by Crippen LogP contribution is -2.07. The summed E-state index contributed by atoms with van der Waals surface area (Å²) >= 11 is 0. The molecule has 3 aromatic rings. The number of fused-ring (bicyclic) bond motifs is 1. The summed E-state index contributed by atoms with van der Waals surface area (Å²) in [4.78, 5) is 4.30. The zero-order valence-electron chi connectivity index (χ0n) is 12.6. The number of nitrogens with zero attached hydrogens (tertiary/aromatic N) is 1. The van der Waals surface area contributed by atoms with Gasteiger partial charge in [0.1, 0.15) is 6.10 Å². The predicted octanol–water partition coefficient (Wildman–Crippen LogP) is 3.79. The lowest BCUT2D eigenvalue weighted by atomic mass is 9.95. The molecule has 0 saturated heterocycles. The average Bonchev–Trinajstić information content (AvgIpc) is 2.59. The minimum absolute atomic E-state index is 0.332. The number of aromatic nitrogens is 1. The van der Waals surface area contributed by atoms with Crippen LogP contribution in [0.5, 0.6) is 0 Å². The first-order valence-corrected chi connectivity index (χ1v) is 7.33. The van der Waals surface area contributed by atoms with Gasteiger partial charge in [-0.1, -0.05) is 30.3 Å². The van der Waals surface area contributed by atoms with Crippen LogP contribution in [0, 0.1) is 0 Å². The Morgan fingerprint density at radius 2 is 1.75 bits per heavy atom. The van der Waals surface area contributed by atoms with Gasteiger partial charge in [-0.2, -0.15) is 13.2 Å². The highest BCUT2D eigenvalue weighted by Gasteiger charge is 2.30. The van der Waals surface area contributed by atoms with Gasteiger partial charge in [0.2, 0.25) is 0 Å². The summed E-state index contributed by atoms with van der Waals surface area (Å²) in [6, 6.07) is 11.6. The van der Waals surface area contributed by atoms with E-state index in [4.69, 9.17) is 5.73 Å². The maximum Gasteiger partial charge on any atom is 0.416 e. The maximum atomic E-state index is 12.7. The molecular weight excluding hydrogens is 317 g/mol. The van der Waals surface area contributed by atoms with Crippen LogP contribution in [-0.4, -0.2) is 10.1 Å². The van der Waals surface area contributed by atoms with Crippen LogP contribution >= 0.6 is 0 Å². The molecule has 124 valence electrons. The van der Waals surface area contributed by atoms with Crippen LogP contribution in [0.2, 0.25) is 0 Å². The van der Waals surface area contributed by atoms with Crippen molar-refractivity contribution in [1.82, 2.24) is 4.98 Å². The highest BCUT2D eigenvalue weighted by molar-refractivity contribution is 5.85. The summed E-state index contributed by atoms with van der Waals surface area (Å²) in [5.41, 5.74) is 7.35. The van der Waals surface area contributed by atoms with Gasteiger partial charge in [0.05, 0.1) is 11.1 Å². The number of rotatable bonds is 3. The van der Waals surface area contributed by atoms with Gasteiger partial charge < -0.3 is 10.8 Å². The van der Waals surface area contributed by atoms with Crippen molar-refractivity contribution in [2.75, 3.05) is 0 Å². The van der Waals surface area contributed by atoms with Crippen molar-refractivity contribution >= 4 is 10.9 Å². The van der Waals surface area contributed by atoms with Crippen LogP contribution < -0.4 is 5.73 Å². The Morgan fingerprint density at radius 3 is 2.38 bits per heavy atom. The van der Waals surface area contributed by atoms with Crippen molar-refractivity contribution in [3.8, 4) is 0 Å². The molecule has 0 fully saturated rings. The van der Waals surface area contributed by atoms with E-state index < -0.39 is 17.8 Å². The van der Waals surface area contributed by atoms with Crippen LogP contribution in [-0.2, 0) is 12.7 Å². The molecule has 0 bridgehead atoms. The molecule has 3 N–H and O–H groups in total. The molecule has 0 spiro atoms. The minimum atomic E-state index is -4.40. The van der Waals surface area contributed by atoms with Crippen LogP contribution in [0.4, 0.5) is 13.2 Å². The van der Waals surface area contributed by atoms with E-state index in [-0.39, 0.29) is 0 Å². The van der Waals surface area contributed by atoms with E-state index in [0.29, 0.717) is 23.2 Å². The molecule has 0 aliphatic carbocycles. The van der Waals surface area contributed by atoms with Crippen LogP contribution in [0.1, 0.15) is 28.4 Å². The third-order valence-electron chi connectivity index (χ3n) is 3.96. The summed E-state index contributed by atoms with van der Waals surface area (Å²) in [6.45, 7) is 0.332. The first-order chi connectivity index (χ1) is 11.4. The SMILES string of the molecule is NCc1ccc(C(O)c2ccc(C(F)(F)F)cc2)c2ncccc12. The highest BCUT2D eigenvalue weighted by atomic mass is 19.4. The molecule has 24 heavy (non-hydrogen) atoms. The van der Waals surface area contributed by atoms with Gasteiger partial charge in [-0.15, -0.1) is 0 Å². The minimum Gasteiger partial charge on any atom is -0.384 e. The molecule has 0 saturated carbocycles. The molecule has 0 aliphatic heterocycles. The van der Waals surface area contributed by atoms with Gasteiger partial charge in [0.25, 0.3) is 0 Å². The molecule has 1 atom stereocenters. The molecule has 1 heterocycles. The first-order valence-electron chi connectivity index (χ1n) is 7.33. The Balaban J connectivity index is 2.04. The fourth-order valence-electron chi connectivity index (χ4n) is 2.69. The number of aliphatic hydroxyl groups excluding tert-OH is 1. The Kier molecular flexibility index (Phi) is 4.26. The number of nitrogens with two attached hydrogens (primary N) is 1. The zero-order chi connectivity index (χ0) is 17.3. The van der Waals surface area contributed by atoms with Crippen molar-refractivity contribution < 1.29 is 18.3 Å². The molecule has 3 nitrogen and oxygen atoms in total. The lowest BCUT2D eigenvalue weighted by Gasteiger charge is -2.16. The van der Waals surface area contributed by atoms with Crippen molar-refractivity contribution in [2.45, 2.75) is 18.8 Å². The molecule has 1 unspecified atom stereocenters. The second kappa shape index (κ2) is 6.22. The summed E-state index contributed by atoms with van der Waals surface area (Å²) in [7, 11) is 0. The molecule has 0 amide bonds. The number of alkyl halides is 3. The largest absolute Gasteiger partial charge is 0.416 e. The van der Waals surface area contributed by atoms with Gasteiger partial charge in [-0.25, -0.2) is 0 Å². The third-order valence-corrected chi connectivity index (χ3v) is 3.96. The molecule has 2 aromatic carbocycles. The molecule has 0 aliphatic rings. The van der Waals surface area contributed by atoms with E-state index in [0.717, 1.165) is 23.1 Å². The summed E-state index contributed by atoms with van der Waals surface area (Å²) < 4.78 is 38.0. The molecule has 3 rings (SSSR count). The van der Waals surface area contributed by atoms with Gasteiger partial charge in [0.15, 0.2) is 0 Å². The number of hydrogen-bond acceptors (Lipinski definition) is 3. The zero-order valence-corrected chi connectivity index (χ0v) is 12.6. The van der Waals surface area contributed by atoms with Gasteiger partial charge in [-0.3, -0.25) is 4.98 Å². The average molecular weight is 332 g/mol. The van der Waals surface area contributed by atoms with Crippen molar-refractivity contribution in [1.29, 1.82) is 0 Å². The van der Waals surface area contributed by atoms with Gasteiger partial charge in [-0.05, 0) is 29.3 Å². The van der Waals surface area contributed by atoms with E-state index in [1.54, 1.807) is 24.4 Å². The van der Waals surface area contributed by atoms with Crippen molar-refractivity contribution in [2.24, 2.45) is 5.73 Å². The van der Waals surface area contributed by atoms with E-state index in [1.165, 1.54) is 12.1 Å². The Morgan fingerprint density at radius 1 is 1.04 bits per heavy atom. The number of halogens is 3. The second-order valence-electron chi connectivity index (χ2n) is 5.44. The Labute approximate surface area is 136 Å². The molecular formula is C18H15F3N2O. The maximum absolute atomic E-state index is 12.7. The van der Waals surface area contributed by atoms with E-state index in [2.05, 4.69) is 4.98 Å². The number of pyridine rings is 1. The van der Waals surface area contributed by atoms with Crippen LogP contribution in [0.3, 0.4) is 0 Å². The lowest BCUT2D eigenvalue weighted by molar-refractivity contribution is -0.137. The smallest absolute Gasteiger partial charge is 0.384 e. The van der Waals surface area contributed by atoms with E-state index >= 15 is 0 Å². The molecule has 0 radical (unpaired) electrons. The topological polar surface area (TPSA) is 59.1 Å². The van der Waals surface area contributed by atoms with Crippen molar-refractivity contribution in [3.05, 3.63) is 77.0 Å². The quantitative estimate of drug-likeness (QED) is 0.767. The normalized spacial score (nSPS) is 13.2. The number of benzene rings is 2. The van der Waals surface area contributed by atoms with E-state index in [9.17, 15) is 18.3 Å². The van der Waals surface area contributed by atoms with Crippen LogP contribution in [0.15, 0.2) is 54.7 Å². The predicted molar refractivity (Wildman–Crippen MR) is 85.1 cm³/mol. The fourth-order valence-corrected chi connectivity index (χ4v) is 2.69. The highest BCUT2D eigenvalue weighted by Crippen LogP contribution is 2.33. The summed E-state index contributed by atoms with van der Waals surface area (Å²) in [5.74, 6) is 0. The monoisotopic (exact) mass is 332 g/mol. The second-order valence-corrected chi connectivity index (χ2v) is 5.44. The third kappa shape index (κ3) is 2.98. The van der Waals surface area contributed by atoms with Gasteiger partial charge in [0, 0.05) is 23.7 Å².